The van der Waals surface area contributed by atoms with Crippen LogP contribution in [0.5, 0.6) is 0 Å². The first-order valence-electron chi connectivity index (χ1n) is 5.84. The molecule has 1 aliphatic carbocycles. The third kappa shape index (κ3) is 3.25. The van der Waals surface area contributed by atoms with Gasteiger partial charge in [0.15, 0.2) is 0 Å². The Morgan fingerprint density at radius 1 is 1.14 bits per heavy atom. The van der Waals surface area contributed by atoms with Crippen LogP contribution in [0.1, 0.15) is 47.0 Å². The average Bonchev–Trinajstić information content (AvgIpc) is 2.11. The number of ether oxygens (including phenoxy) is 1. The summed E-state index contributed by atoms with van der Waals surface area (Å²) < 4.78 is 5.82. The van der Waals surface area contributed by atoms with Gasteiger partial charge in [0.1, 0.15) is 0 Å². The molecule has 0 heterocycles. The Kier molecular flexibility index (Phi) is 4.39. The molecule has 14 heavy (non-hydrogen) atoms. The molecule has 84 valence electrons. The number of aliphatic hydroxyl groups is 1. The van der Waals surface area contributed by atoms with Gasteiger partial charge in [-0.1, -0.05) is 13.8 Å². The average molecular weight is 200 g/mol. The molecular weight excluding hydrogens is 176 g/mol. The smallest absolute Gasteiger partial charge is 0.0806 e. The largest absolute Gasteiger partial charge is 0.391 e. The van der Waals surface area contributed by atoms with Crippen LogP contribution in [0, 0.1) is 11.8 Å². The van der Waals surface area contributed by atoms with E-state index in [2.05, 4.69) is 13.8 Å². The lowest BCUT2D eigenvalue weighted by atomic mass is 9.80. The first kappa shape index (κ1) is 12.0. The van der Waals surface area contributed by atoms with E-state index in [0.717, 1.165) is 24.7 Å². The van der Waals surface area contributed by atoms with E-state index in [1.165, 1.54) is 6.42 Å². The van der Waals surface area contributed by atoms with Crippen LogP contribution < -0.4 is 0 Å². The van der Waals surface area contributed by atoms with Crippen LogP contribution in [0.2, 0.25) is 0 Å². The number of aliphatic hydroxyl groups excluding tert-OH is 1. The van der Waals surface area contributed by atoms with Gasteiger partial charge >= 0.3 is 0 Å². The first-order valence-corrected chi connectivity index (χ1v) is 5.84. The van der Waals surface area contributed by atoms with Crippen LogP contribution in [0.15, 0.2) is 0 Å². The predicted octanol–water partition coefficient (Wildman–Crippen LogP) is 2.60. The molecule has 2 heteroatoms. The second-order valence-electron chi connectivity index (χ2n) is 4.97. The Hall–Kier alpha value is -0.0800. The lowest BCUT2D eigenvalue weighted by Gasteiger charge is -2.34. The minimum absolute atomic E-state index is 0.0272. The van der Waals surface area contributed by atoms with Gasteiger partial charge in [0.2, 0.25) is 0 Å². The molecule has 1 rings (SSSR count). The van der Waals surface area contributed by atoms with Crippen LogP contribution >= 0.6 is 0 Å². The Balaban J connectivity index is 2.33. The van der Waals surface area contributed by atoms with Gasteiger partial charge < -0.3 is 9.84 Å². The summed E-state index contributed by atoms with van der Waals surface area (Å²) in [7, 11) is 0. The van der Waals surface area contributed by atoms with E-state index >= 15 is 0 Å². The molecule has 1 aliphatic rings. The van der Waals surface area contributed by atoms with Crippen molar-refractivity contribution in [3.05, 3.63) is 0 Å². The summed E-state index contributed by atoms with van der Waals surface area (Å²) in [4.78, 5) is 0. The molecule has 0 bridgehead atoms. The van der Waals surface area contributed by atoms with Crippen LogP contribution in [-0.4, -0.2) is 23.4 Å². The standard InChI is InChI=1S/C12H24O2/c1-8-5-6-12(7-9(8)2)14-11(4)10(3)13/h8-13H,5-7H2,1-4H3. The molecule has 0 spiro atoms. The van der Waals surface area contributed by atoms with Crippen molar-refractivity contribution >= 4 is 0 Å². The predicted molar refractivity (Wildman–Crippen MR) is 58.2 cm³/mol. The minimum atomic E-state index is -0.357. The number of hydrogen-bond donors (Lipinski definition) is 1. The summed E-state index contributed by atoms with van der Waals surface area (Å²) in [5.74, 6) is 1.59. The van der Waals surface area contributed by atoms with Crippen LogP contribution in [0.4, 0.5) is 0 Å². The number of rotatable bonds is 3. The highest BCUT2D eigenvalue weighted by Crippen LogP contribution is 2.31. The topological polar surface area (TPSA) is 29.5 Å². The Morgan fingerprint density at radius 3 is 2.29 bits per heavy atom. The van der Waals surface area contributed by atoms with E-state index in [1.807, 2.05) is 6.92 Å². The van der Waals surface area contributed by atoms with Crippen molar-refractivity contribution in [3.8, 4) is 0 Å². The molecule has 1 N–H and O–H groups in total. The summed E-state index contributed by atoms with van der Waals surface area (Å²) in [6, 6.07) is 0. The molecule has 5 unspecified atom stereocenters. The summed E-state index contributed by atoms with van der Waals surface area (Å²) in [6.45, 7) is 8.36. The fourth-order valence-corrected chi connectivity index (χ4v) is 2.04. The van der Waals surface area contributed by atoms with Crippen molar-refractivity contribution in [2.45, 2.75) is 65.3 Å². The molecule has 2 nitrogen and oxygen atoms in total. The van der Waals surface area contributed by atoms with Gasteiger partial charge in [-0.15, -0.1) is 0 Å². The third-order valence-corrected chi connectivity index (χ3v) is 3.64. The van der Waals surface area contributed by atoms with Crippen molar-refractivity contribution < 1.29 is 9.84 Å². The summed E-state index contributed by atoms with van der Waals surface area (Å²) in [6.07, 6.45) is 3.55. The highest BCUT2D eigenvalue weighted by molar-refractivity contribution is 4.76. The van der Waals surface area contributed by atoms with Gasteiger partial charge in [0, 0.05) is 0 Å². The van der Waals surface area contributed by atoms with Gasteiger partial charge in [-0.25, -0.2) is 0 Å². The van der Waals surface area contributed by atoms with Crippen molar-refractivity contribution in [1.82, 2.24) is 0 Å². The fourth-order valence-electron chi connectivity index (χ4n) is 2.04. The lowest BCUT2D eigenvalue weighted by Crippen LogP contribution is -2.33. The van der Waals surface area contributed by atoms with E-state index in [9.17, 15) is 5.11 Å². The Morgan fingerprint density at radius 2 is 1.79 bits per heavy atom. The second-order valence-corrected chi connectivity index (χ2v) is 4.97. The van der Waals surface area contributed by atoms with Crippen LogP contribution in [0.25, 0.3) is 0 Å². The molecule has 0 saturated heterocycles. The van der Waals surface area contributed by atoms with E-state index < -0.39 is 0 Å². The zero-order valence-corrected chi connectivity index (χ0v) is 9.86. The zero-order chi connectivity index (χ0) is 10.7. The highest BCUT2D eigenvalue weighted by atomic mass is 16.5. The third-order valence-electron chi connectivity index (χ3n) is 3.64. The van der Waals surface area contributed by atoms with Gasteiger partial charge in [0.25, 0.3) is 0 Å². The maximum absolute atomic E-state index is 9.34. The first-order chi connectivity index (χ1) is 6.50. The van der Waals surface area contributed by atoms with E-state index in [-0.39, 0.29) is 12.2 Å². The minimum Gasteiger partial charge on any atom is -0.391 e. The summed E-state index contributed by atoms with van der Waals surface area (Å²) in [5, 5.41) is 9.34. The Labute approximate surface area is 87.7 Å². The number of hydrogen-bond acceptors (Lipinski definition) is 2. The van der Waals surface area contributed by atoms with Crippen molar-refractivity contribution in [2.24, 2.45) is 11.8 Å². The molecule has 0 amide bonds. The molecule has 1 saturated carbocycles. The molecule has 1 fully saturated rings. The van der Waals surface area contributed by atoms with E-state index in [4.69, 9.17) is 4.74 Å². The highest BCUT2D eigenvalue weighted by Gasteiger charge is 2.26. The van der Waals surface area contributed by atoms with Crippen molar-refractivity contribution in [2.75, 3.05) is 0 Å². The second kappa shape index (κ2) is 5.13. The maximum Gasteiger partial charge on any atom is 0.0806 e. The quantitative estimate of drug-likeness (QED) is 0.759. The van der Waals surface area contributed by atoms with E-state index in [1.54, 1.807) is 6.92 Å². The van der Waals surface area contributed by atoms with Gasteiger partial charge in [-0.05, 0) is 44.9 Å². The zero-order valence-electron chi connectivity index (χ0n) is 9.86. The SMILES string of the molecule is CC(O)C(C)OC1CCC(C)C(C)C1. The molecule has 0 aliphatic heterocycles. The van der Waals surface area contributed by atoms with Crippen molar-refractivity contribution in [3.63, 3.8) is 0 Å². The monoisotopic (exact) mass is 200 g/mol. The normalized spacial score (nSPS) is 37.9. The van der Waals surface area contributed by atoms with Crippen LogP contribution in [0.3, 0.4) is 0 Å². The summed E-state index contributed by atoms with van der Waals surface area (Å²) >= 11 is 0. The molecular formula is C12H24O2. The van der Waals surface area contributed by atoms with Gasteiger partial charge in [-0.2, -0.15) is 0 Å². The van der Waals surface area contributed by atoms with Crippen molar-refractivity contribution in [1.29, 1.82) is 0 Å². The Bertz CT molecular complexity index is 168. The molecule has 0 radical (unpaired) electrons. The molecule has 5 atom stereocenters. The van der Waals surface area contributed by atoms with Gasteiger partial charge in [-0.3, -0.25) is 0 Å². The van der Waals surface area contributed by atoms with Gasteiger partial charge in [0.05, 0.1) is 18.3 Å². The van der Waals surface area contributed by atoms with E-state index in [0.29, 0.717) is 6.10 Å². The fraction of sp³-hybridized carbons (Fsp3) is 1.00. The maximum atomic E-state index is 9.34. The summed E-state index contributed by atoms with van der Waals surface area (Å²) in [5.41, 5.74) is 0. The lowest BCUT2D eigenvalue weighted by molar-refractivity contribution is -0.0835. The molecule has 0 aromatic heterocycles. The molecule has 0 aromatic carbocycles. The van der Waals surface area contributed by atoms with Crippen LogP contribution in [-0.2, 0) is 4.74 Å². The molecule has 0 aromatic rings.